The summed E-state index contributed by atoms with van der Waals surface area (Å²) in [5, 5.41) is 3.72. The molecule has 1 aliphatic rings. The van der Waals surface area contributed by atoms with Crippen molar-refractivity contribution in [2.24, 2.45) is 0 Å². The largest absolute Gasteiger partial charge is 0.468 e. The van der Waals surface area contributed by atoms with E-state index in [4.69, 9.17) is 4.42 Å². The van der Waals surface area contributed by atoms with Crippen molar-refractivity contribution in [3.63, 3.8) is 0 Å². The molecule has 2 aromatic rings. The molecule has 3 heterocycles. The van der Waals surface area contributed by atoms with Gasteiger partial charge in [-0.25, -0.2) is 9.97 Å². The van der Waals surface area contributed by atoms with Gasteiger partial charge >= 0.3 is 0 Å². The lowest BCUT2D eigenvalue weighted by atomic mass is 10.0. The molecular formula is C16H22N4O. The fourth-order valence-electron chi connectivity index (χ4n) is 2.88. The molecule has 1 saturated heterocycles. The molecule has 112 valence electrons. The van der Waals surface area contributed by atoms with E-state index < -0.39 is 0 Å². The molecule has 0 spiro atoms. The molecule has 1 fully saturated rings. The minimum Gasteiger partial charge on any atom is -0.468 e. The van der Waals surface area contributed by atoms with Crippen LogP contribution in [0.15, 0.2) is 41.3 Å². The van der Waals surface area contributed by atoms with Crippen LogP contribution in [0.2, 0.25) is 0 Å². The number of hydrogen-bond acceptors (Lipinski definition) is 5. The van der Waals surface area contributed by atoms with Gasteiger partial charge in [0.15, 0.2) is 0 Å². The van der Waals surface area contributed by atoms with E-state index in [2.05, 4.69) is 27.1 Å². The minimum absolute atomic E-state index is 0.310. The number of nitrogens with one attached hydrogen (secondary N) is 1. The van der Waals surface area contributed by atoms with Crippen LogP contribution >= 0.6 is 0 Å². The van der Waals surface area contributed by atoms with Crippen molar-refractivity contribution in [1.29, 1.82) is 0 Å². The van der Waals surface area contributed by atoms with Crippen molar-refractivity contribution in [1.82, 2.24) is 15.3 Å². The molecule has 21 heavy (non-hydrogen) atoms. The highest BCUT2D eigenvalue weighted by molar-refractivity contribution is 5.29. The third-order valence-electron chi connectivity index (χ3n) is 4.06. The Balaban J connectivity index is 1.54. The first-order valence-corrected chi connectivity index (χ1v) is 7.68. The molecule has 5 nitrogen and oxygen atoms in total. The van der Waals surface area contributed by atoms with E-state index in [1.165, 1.54) is 0 Å². The molecule has 2 aromatic heterocycles. The van der Waals surface area contributed by atoms with Gasteiger partial charge in [0.25, 0.3) is 0 Å². The first-order chi connectivity index (χ1) is 10.4. The fourth-order valence-corrected chi connectivity index (χ4v) is 2.88. The van der Waals surface area contributed by atoms with E-state index in [-0.39, 0.29) is 0 Å². The van der Waals surface area contributed by atoms with E-state index in [1.807, 2.05) is 18.2 Å². The fraction of sp³-hybridized carbons (Fsp3) is 0.500. The Morgan fingerprint density at radius 3 is 2.67 bits per heavy atom. The third kappa shape index (κ3) is 3.42. The maximum atomic E-state index is 5.53. The van der Waals surface area contributed by atoms with Gasteiger partial charge in [-0.15, -0.1) is 0 Å². The number of aromatic nitrogens is 2. The Labute approximate surface area is 125 Å². The second kappa shape index (κ2) is 6.72. The second-order valence-electron chi connectivity index (χ2n) is 5.45. The summed E-state index contributed by atoms with van der Waals surface area (Å²) in [5.74, 6) is 1.88. The lowest BCUT2D eigenvalue weighted by Gasteiger charge is -2.34. The summed E-state index contributed by atoms with van der Waals surface area (Å²) in [5.41, 5.74) is 0. The van der Waals surface area contributed by atoms with Crippen molar-refractivity contribution in [3.05, 3.63) is 42.6 Å². The van der Waals surface area contributed by atoms with Crippen LogP contribution in [0.5, 0.6) is 0 Å². The monoisotopic (exact) mass is 286 g/mol. The molecule has 0 amide bonds. The zero-order valence-corrected chi connectivity index (χ0v) is 12.4. The van der Waals surface area contributed by atoms with Gasteiger partial charge in [0, 0.05) is 31.5 Å². The summed E-state index contributed by atoms with van der Waals surface area (Å²) in [6, 6.07) is 6.69. The average molecular weight is 286 g/mol. The molecule has 0 saturated carbocycles. The molecule has 1 unspecified atom stereocenters. The Morgan fingerprint density at radius 1 is 1.29 bits per heavy atom. The van der Waals surface area contributed by atoms with Crippen molar-refractivity contribution in [2.75, 3.05) is 18.0 Å². The summed E-state index contributed by atoms with van der Waals surface area (Å²) in [6.07, 6.45) is 8.60. The highest BCUT2D eigenvalue weighted by Gasteiger charge is 2.23. The average Bonchev–Trinajstić information content (AvgIpc) is 3.08. The number of hydrogen-bond donors (Lipinski definition) is 1. The molecule has 0 radical (unpaired) electrons. The maximum absolute atomic E-state index is 5.53. The van der Waals surface area contributed by atoms with Crippen molar-refractivity contribution >= 4 is 5.95 Å². The molecule has 0 aromatic carbocycles. The first-order valence-electron chi connectivity index (χ1n) is 7.68. The van der Waals surface area contributed by atoms with Crippen LogP contribution in [0.3, 0.4) is 0 Å². The summed E-state index contributed by atoms with van der Waals surface area (Å²) >= 11 is 0. The number of nitrogens with zero attached hydrogens (tertiary/aromatic N) is 3. The normalized spacial score (nSPS) is 17.9. The first kappa shape index (κ1) is 14.1. The smallest absolute Gasteiger partial charge is 0.225 e. The topological polar surface area (TPSA) is 54.2 Å². The van der Waals surface area contributed by atoms with Crippen LogP contribution in [0.25, 0.3) is 0 Å². The van der Waals surface area contributed by atoms with Gasteiger partial charge in [0.1, 0.15) is 5.76 Å². The van der Waals surface area contributed by atoms with Gasteiger partial charge < -0.3 is 14.6 Å². The molecule has 1 N–H and O–H groups in total. The van der Waals surface area contributed by atoms with Crippen LogP contribution < -0.4 is 10.2 Å². The van der Waals surface area contributed by atoms with Gasteiger partial charge in [-0.2, -0.15) is 0 Å². The van der Waals surface area contributed by atoms with Crippen LogP contribution in [0, 0.1) is 0 Å². The Kier molecular flexibility index (Phi) is 4.50. The summed E-state index contributed by atoms with van der Waals surface area (Å²) in [6.45, 7) is 4.18. The number of anilines is 1. The molecule has 1 aliphatic heterocycles. The second-order valence-corrected chi connectivity index (χ2v) is 5.45. The van der Waals surface area contributed by atoms with Gasteiger partial charge in [0.05, 0.1) is 12.3 Å². The van der Waals surface area contributed by atoms with E-state index >= 15 is 0 Å². The van der Waals surface area contributed by atoms with E-state index in [9.17, 15) is 0 Å². The zero-order chi connectivity index (χ0) is 14.5. The van der Waals surface area contributed by atoms with E-state index in [0.717, 1.165) is 44.1 Å². The Hall–Kier alpha value is -1.88. The molecule has 1 atom stereocenters. The highest BCUT2D eigenvalue weighted by atomic mass is 16.3. The number of furan rings is 1. The van der Waals surface area contributed by atoms with Crippen molar-refractivity contribution in [3.8, 4) is 0 Å². The molecule has 0 aliphatic carbocycles. The van der Waals surface area contributed by atoms with Gasteiger partial charge in [-0.1, -0.05) is 6.92 Å². The van der Waals surface area contributed by atoms with E-state index in [0.29, 0.717) is 12.1 Å². The maximum Gasteiger partial charge on any atom is 0.225 e. The predicted molar refractivity (Wildman–Crippen MR) is 82.1 cm³/mol. The zero-order valence-electron chi connectivity index (χ0n) is 12.4. The van der Waals surface area contributed by atoms with Crippen molar-refractivity contribution in [2.45, 2.75) is 38.3 Å². The third-order valence-corrected chi connectivity index (χ3v) is 4.06. The van der Waals surface area contributed by atoms with Crippen molar-refractivity contribution < 1.29 is 4.42 Å². The molecule has 0 bridgehead atoms. The summed E-state index contributed by atoms with van der Waals surface area (Å²) in [7, 11) is 0. The SMILES string of the molecule is CCC(NC1CCN(c2ncccn2)CC1)c1ccco1. The minimum atomic E-state index is 0.310. The van der Waals surface area contributed by atoms with Gasteiger partial charge in [-0.05, 0) is 37.5 Å². The van der Waals surface area contributed by atoms with Gasteiger partial charge in [-0.3, -0.25) is 0 Å². The standard InChI is InChI=1S/C16H22N4O/c1-2-14(15-5-3-12-21-15)19-13-6-10-20(11-7-13)16-17-8-4-9-18-16/h3-5,8-9,12-14,19H,2,6-7,10-11H2,1H3. The Morgan fingerprint density at radius 2 is 2.05 bits per heavy atom. The van der Waals surface area contributed by atoms with Gasteiger partial charge in [0.2, 0.25) is 5.95 Å². The predicted octanol–water partition coefficient (Wildman–Crippen LogP) is 2.78. The molecular weight excluding hydrogens is 264 g/mol. The number of piperidine rings is 1. The lowest BCUT2D eigenvalue weighted by Crippen LogP contribution is -2.44. The molecule has 5 heteroatoms. The van der Waals surface area contributed by atoms with E-state index in [1.54, 1.807) is 18.7 Å². The van der Waals surface area contributed by atoms with Crippen LogP contribution in [0.4, 0.5) is 5.95 Å². The molecule has 3 rings (SSSR count). The summed E-state index contributed by atoms with van der Waals surface area (Å²) < 4.78 is 5.53. The highest BCUT2D eigenvalue weighted by Crippen LogP contribution is 2.21. The quantitative estimate of drug-likeness (QED) is 0.916. The Bertz CT molecular complexity index is 520. The lowest BCUT2D eigenvalue weighted by molar-refractivity contribution is 0.327. The van der Waals surface area contributed by atoms with Crippen LogP contribution in [-0.2, 0) is 0 Å². The van der Waals surface area contributed by atoms with Crippen LogP contribution in [0.1, 0.15) is 38.0 Å². The van der Waals surface area contributed by atoms with Crippen LogP contribution in [-0.4, -0.2) is 29.1 Å². The summed E-state index contributed by atoms with van der Waals surface area (Å²) in [4.78, 5) is 10.9. The number of rotatable bonds is 5.